The molecule has 0 radical (unpaired) electrons. The summed E-state index contributed by atoms with van der Waals surface area (Å²) in [5.41, 5.74) is 4.49. The Balaban J connectivity index is 1.57. The highest BCUT2D eigenvalue weighted by atomic mass is 79.9. The van der Waals surface area contributed by atoms with Gasteiger partial charge in [0, 0.05) is 22.0 Å². The van der Waals surface area contributed by atoms with Crippen LogP contribution < -0.4 is 9.47 Å². The topological polar surface area (TPSA) is 34.1 Å². The van der Waals surface area contributed by atoms with Gasteiger partial charge in [0.05, 0.1) is 18.9 Å². The summed E-state index contributed by atoms with van der Waals surface area (Å²) in [6, 6.07) is 16.6. The van der Waals surface area contributed by atoms with Crippen molar-refractivity contribution in [2.75, 3.05) is 7.11 Å². The summed E-state index contributed by atoms with van der Waals surface area (Å²) in [7, 11) is 1.68. The highest BCUT2D eigenvalue weighted by Crippen LogP contribution is 2.48. The number of ether oxygens (including phenoxy) is 2. The maximum absolute atomic E-state index is 6.35. The van der Waals surface area contributed by atoms with Crippen LogP contribution in [0.3, 0.4) is 0 Å². The van der Waals surface area contributed by atoms with Crippen molar-refractivity contribution in [3.8, 4) is 11.5 Å². The summed E-state index contributed by atoms with van der Waals surface area (Å²) in [6.45, 7) is 0. The summed E-state index contributed by atoms with van der Waals surface area (Å²) in [6.07, 6.45) is 0.644. The van der Waals surface area contributed by atoms with E-state index in [1.165, 1.54) is 5.56 Å². The van der Waals surface area contributed by atoms with Crippen LogP contribution in [0, 0.1) is 0 Å². The van der Waals surface area contributed by atoms with Crippen molar-refractivity contribution in [2.45, 2.75) is 18.7 Å². The van der Waals surface area contributed by atoms with Gasteiger partial charge < -0.3 is 9.47 Å². The second-order valence-electron chi connectivity index (χ2n) is 6.58. The predicted molar refractivity (Wildman–Crippen MR) is 111 cm³/mol. The molecule has 0 spiro atoms. The summed E-state index contributed by atoms with van der Waals surface area (Å²) in [5, 5.41) is 11.3. The molecular weight excluding hydrogens is 424 g/mol. The van der Waals surface area contributed by atoms with Gasteiger partial charge in [-0.1, -0.05) is 15.9 Å². The Morgan fingerprint density at radius 3 is 2.78 bits per heavy atom. The van der Waals surface area contributed by atoms with E-state index in [2.05, 4.69) is 56.0 Å². The minimum atomic E-state index is -0.203. The minimum Gasteiger partial charge on any atom is -0.497 e. The van der Waals surface area contributed by atoms with Crippen molar-refractivity contribution in [1.29, 1.82) is 0 Å². The zero-order chi connectivity index (χ0) is 18.4. The van der Waals surface area contributed by atoms with Crippen LogP contribution in [0.1, 0.15) is 35.4 Å². The van der Waals surface area contributed by atoms with E-state index in [0.29, 0.717) is 0 Å². The van der Waals surface area contributed by atoms with Gasteiger partial charge >= 0.3 is 0 Å². The molecule has 0 amide bonds. The Labute approximate surface area is 170 Å². The molecule has 0 unspecified atom stereocenters. The van der Waals surface area contributed by atoms with Gasteiger partial charge in [-0.2, -0.15) is 16.4 Å². The maximum Gasteiger partial charge on any atom is 0.214 e. The average Bonchev–Trinajstić information content (AvgIpc) is 3.38. The molecule has 4 nitrogen and oxygen atoms in total. The van der Waals surface area contributed by atoms with Crippen LogP contribution in [0.5, 0.6) is 11.5 Å². The third kappa shape index (κ3) is 2.93. The molecule has 3 heterocycles. The average molecular weight is 441 g/mol. The summed E-state index contributed by atoms with van der Waals surface area (Å²) >= 11 is 5.27. The van der Waals surface area contributed by atoms with Crippen LogP contribution in [-0.4, -0.2) is 17.8 Å². The second kappa shape index (κ2) is 6.69. The van der Waals surface area contributed by atoms with E-state index in [9.17, 15) is 0 Å². The largest absolute Gasteiger partial charge is 0.497 e. The van der Waals surface area contributed by atoms with Crippen LogP contribution in [0.15, 0.2) is 68.9 Å². The van der Waals surface area contributed by atoms with Crippen molar-refractivity contribution in [3.05, 3.63) is 80.5 Å². The predicted octanol–water partition coefficient (Wildman–Crippen LogP) is 5.76. The third-order valence-corrected chi connectivity index (χ3v) is 6.20. The number of nitrogens with zero attached hydrogens (tertiary/aromatic N) is 2. The lowest BCUT2D eigenvalue weighted by molar-refractivity contribution is -0.0188. The van der Waals surface area contributed by atoms with Crippen molar-refractivity contribution in [1.82, 2.24) is 5.01 Å². The molecule has 5 rings (SSSR count). The van der Waals surface area contributed by atoms with Gasteiger partial charge in [0.15, 0.2) is 0 Å². The van der Waals surface area contributed by atoms with Crippen LogP contribution >= 0.6 is 27.3 Å². The van der Waals surface area contributed by atoms with Gasteiger partial charge in [-0.05, 0) is 64.9 Å². The number of thiophene rings is 1. The Kier molecular flexibility index (Phi) is 4.17. The fourth-order valence-electron chi connectivity index (χ4n) is 3.65. The lowest BCUT2D eigenvalue weighted by atomic mass is 9.96. The smallest absolute Gasteiger partial charge is 0.214 e. The molecular formula is C21H17BrN2O2S. The minimum absolute atomic E-state index is 0.160. The number of rotatable bonds is 3. The lowest BCUT2D eigenvalue weighted by Gasteiger charge is -2.37. The fraction of sp³-hybridized carbons (Fsp3) is 0.190. The molecule has 0 saturated heterocycles. The monoisotopic (exact) mass is 440 g/mol. The molecule has 2 aromatic carbocycles. The highest BCUT2D eigenvalue weighted by molar-refractivity contribution is 9.10. The first kappa shape index (κ1) is 16.8. The summed E-state index contributed by atoms with van der Waals surface area (Å²) in [4.78, 5) is 0. The van der Waals surface area contributed by atoms with Gasteiger partial charge in [-0.15, -0.1) is 0 Å². The lowest BCUT2D eigenvalue weighted by Crippen LogP contribution is -2.33. The second-order valence-corrected chi connectivity index (χ2v) is 8.28. The first-order valence-corrected chi connectivity index (χ1v) is 10.4. The number of fused-ring (bicyclic) bond motifs is 3. The van der Waals surface area contributed by atoms with Gasteiger partial charge in [0.25, 0.3) is 0 Å². The zero-order valence-corrected chi connectivity index (χ0v) is 17.0. The van der Waals surface area contributed by atoms with Crippen molar-refractivity contribution < 1.29 is 9.47 Å². The zero-order valence-electron chi connectivity index (χ0n) is 14.6. The molecule has 1 aromatic heterocycles. The van der Waals surface area contributed by atoms with Crippen LogP contribution in [0.4, 0.5) is 0 Å². The van der Waals surface area contributed by atoms with E-state index in [1.54, 1.807) is 18.4 Å². The van der Waals surface area contributed by atoms with Crippen molar-refractivity contribution >= 4 is 33.0 Å². The fourth-order valence-corrected chi connectivity index (χ4v) is 4.70. The van der Waals surface area contributed by atoms with Crippen molar-refractivity contribution in [3.63, 3.8) is 0 Å². The standard InChI is InChI=1S/C21H17BrN2O2S/c1-25-16-5-2-13(3-6-16)18-11-19-17-10-15(22)4-7-20(17)26-21(24(19)23-18)14-8-9-27-12-14/h2-10,12,19,21H,11H2,1H3/t19-,21+/m0/s1. The first-order chi connectivity index (χ1) is 13.2. The number of halogens is 1. The number of hydrazone groups is 1. The van der Waals surface area contributed by atoms with Crippen LogP contribution in [0.25, 0.3) is 0 Å². The van der Waals surface area contributed by atoms with Gasteiger partial charge in [-0.3, -0.25) is 0 Å². The Hall–Kier alpha value is -2.31. The van der Waals surface area contributed by atoms with Crippen molar-refractivity contribution in [2.24, 2.45) is 5.10 Å². The highest BCUT2D eigenvalue weighted by Gasteiger charge is 2.41. The van der Waals surface area contributed by atoms with E-state index in [-0.39, 0.29) is 12.3 Å². The molecule has 0 fully saturated rings. The number of benzene rings is 2. The maximum atomic E-state index is 6.35. The van der Waals surface area contributed by atoms with E-state index in [4.69, 9.17) is 14.6 Å². The van der Waals surface area contributed by atoms with E-state index >= 15 is 0 Å². The van der Waals surface area contributed by atoms with Gasteiger partial charge in [0.1, 0.15) is 11.5 Å². The van der Waals surface area contributed by atoms with E-state index in [1.807, 2.05) is 24.3 Å². The number of methoxy groups -OCH3 is 1. The molecule has 2 aliphatic heterocycles. The molecule has 0 saturated carbocycles. The molecule has 2 aliphatic rings. The molecule has 2 atom stereocenters. The Morgan fingerprint density at radius 1 is 1.19 bits per heavy atom. The van der Waals surface area contributed by atoms with Crippen LogP contribution in [-0.2, 0) is 0 Å². The Bertz CT molecular complexity index is 1000. The summed E-state index contributed by atoms with van der Waals surface area (Å²) < 4.78 is 12.7. The first-order valence-electron chi connectivity index (χ1n) is 8.71. The normalized spacial score (nSPS) is 20.5. The molecule has 6 heteroatoms. The number of hydrogen-bond acceptors (Lipinski definition) is 5. The molecule has 0 bridgehead atoms. The summed E-state index contributed by atoms with van der Waals surface area (Å²) in [5.74, 6) is 1.78. The van der Waals surface area contributed by atoms with Gasteiger partial charge in [0.2, 0.25) is 6.23 Å². The molecule has 3 aromatic rings. The molecule has 27 heavy (non-hydrogen) atoms. The van der Waals surface area contributed by atoms with E-state index < -0.39 is 0 Å². The molecule has 136 valence electrons. The Morgan fingerprint density at radius 2 is 2.04 bits per heavy atom. The van der Waals surface area contributed by atoms with Gasteiger partial charge in [-0.25, -0.2) is 5.01 Å². The quantitative estimate of drug-likeness (QED) is 0.518. The molecule has 0 N–H and O–H groups in total. The SMILES string of the molecule is COc1ccc(C2=NN3[C@@H](c4ccsc4)Oc4ccc(Br)cc4[C@@H]3C2)cc1. The number of hydrogen-bond donors (Lipinski definition) is 0. The third-order valence-electron chi connectivity index (χ3n) is 5.00. The molecule has 0 aliphatic carbocycles. The van der Waals surface area contributed by atoms with E-state index in [0.717, 1.165) is 39.2 Å². The van der Waals surface area contributed by atoms with Crippen LogP contribution in [0.2, 0.25) is 0 Å².